The number of hydrogen-bond donors (Lipinski definition) is 2. The summed E-state index contributed by atoms with van der Waals surface area (Å²) in [5, 5.41) is 2.57. The molecule has 0 saturated carbocycles. The topological polar surface area (TPSA) is 101 Å². The van der Waals surface area contributed by atoms with Gasteiger partial charge >= 0.3 is 0 Å². The lowest BCUT2D eigenvalue weighted by Crippen LogP contribution is -2.33. The zero-order chi connectivity index (χ0) is 17.7. The van der Waals surface area contributed by atoms with Crippen LogP contribution in [0.15, 0.2) is 28.7 Å². The Kier molecular flexibility index (Phi) is 5.74. The van der Waals surface area contributed by atoms with E-state index in [9.17, 15) is 13.2 Å². The average molecular weight is 351 g/mol. The molecule has 1 heterocycles. The molecule has 7 nitrogen and oxygen atoms in total. The van der Waals surface area contributed by atoms with Crippen LogP contribution < -0.4 is 10.0 Å². The van der Waals surface area contributed by atoms with Gasteiger partial charge in [0.15, 0.2) is 0 Å². The molecule has 0 atom stereocenters. The van der Waals surface area contributed by atoms with Gasteiger partial charge in [0.25, 0.3) is 0 Å². The molecule has 0 aliphatic rings. The predicted molar refractivity (Wildman–Crippen MR) is 91.0 cm³/mol. The second kappa shape index (κ2) is 7.59. The minimum Gasteiger partial charge on any atom is -0.441 e. The van der Waals surface area contributed by atoms with Gasteiger partial charge in [0, 0.05) is 12.1 Å². The second-order valence-corrected chi connectivity index (χ2v) is 7.49. The van der Waals surface area contributed by atoms with Crippen LogP contribution in [-0.4, -0.2) is 38.7 Å². The molecule has 1 aromatic carbocycles. The van der Waals surface area contributed by atoms with Crippen molar-refractivity contribution in [2.45, 2.75) is 20.3 Å². The minimum atomic E-state index is -3.33. The van der Waals surface area contributed by atoms with Crippen molar-refractivity contribution in [2.24, 2.45) is 0 Å². The van der Waals surface area contributed by atoms with E-state index in [1.54, 1.807) is 6.92 Å². The maximum atomic E-state index is 11.9. The number of sulfonamides is 1. The van der Waals surface area contributed by atoms with Crippen molar-refractivity contribution in [3.63, 3.8) is 0 Å². The predicted octanol–water partition coefficient (Wildman–Crippen LogP) is 1.17. The first kappa shape index (κ1) is 18.2. The highest BCUT2D eigenvalue weighted by Gasteiger charge is 2.15. The molecule has 0 aliphatic heterocycles. The first-order valence-corrected chi connectivity index (χ1v) is 9.17. The number of hydrogen-bond acceptors (Lipinski definition) is 5. The number of carbonyl (C=O) groups is 1. The van der Waals surface area contributed by atoms with Crippen molar-refractivity contribution in [3.05, 3.63) is 41.3 Å². The van der Waals surface area contributed by atoms with E-state index in [1.807, 2.05) is 31.2 Å². The molecule has 0 saturated heterocycles. The Morgan fingerprint density at radius 3 is 2.71 bits per heavy atom. The van der Waals surface area contributed by atoms with Crippen LogP contribution in [0.1, 0.15) is 17.0 Å². The molecular weight excluding hydrogens is 330 g/mol. The number of nitrogens with one attached hydrogen (secondary N) is 2. The SMILES string of the molecule is CNS(=O)(=O)CCNC(=O)Cc1nc(-c2cccc(C)c2)oc1C. The lowest BCUT2D eigenvalue weighted by molar-refractivity contribution is -0.120. The Bertz CT molecular complexity index is 828. The smallest absolute Gasteiger partial charge is 0.226 e. The van der Waals surface area contributed by atoms with Gasteiger partial charge in [-0.25, -0.2) is 18.1 Å². The standard InChI is InChI=1S/C16H21N3O4S/c1-11-5-4-6-13(9-11)16-19-14(12(2)23-16)10-15(20)18-7-8-24(21,22)17-3/h4-6,9,17H,7-8,10H2,1-3H3,(H,18,20). The molecule has 0 fully saturated rings. The number of carbonyl (C=O) groups excluding carboxylic acids is 1. The number of aryl methyl sites for hydroxylation is 2. The van der Waals surface area contributed by atoms with Crippen LogP contribution in [0.2, 0.25) is 0 Å². The molecule has 1 aromatic heterocycles. The van der Waals surface area contributed by atoms with E-state index in [0.29, 0.717) is 17.3 Å². The van der Waals surface area contributed by atoms with Gasteiger partial charge in [-0.1, -0.05) is 17.7 Å². The highest BCUT2D eigenvalue weighted by atomic mass is 32.2. The Labute approximate surface area is 141 Å². The molecule has 8 heteroatoms. The molecule has 2 rings (SSSR count). The van der Waals surface area contributed by atoms with Crippen LogP contribution in [0.25, 0.3) is 11.5 Å². The number of oxazole rings is 1. The van der Waals surface area contributed by atoms with Gasteiger partial charge in [-0.15, -0.1) is 0 Å². The molecule has 0 spiro atoms. The fraction of sp³-hybridized carbons (Fsp3) is 0.375. The van der Waals surface area contributed by atoms with Gasteiger partial charge < -0.3 is 9.73 Å². The largest absolute Gasteiger partial charge is 0.441 e. The van der Waals surface area contributed by atoms with Crippen LogP contribution >= 0.6 is 0 Å². The first-order chi connectivity index (χ1) is 11.3. The molecule has 24 heavy (non-hydrogen) atoms. The van der Waals surface area contributed by atoms with Gasteiger partial charge in [-0.3, -0.25) is 4.79 Å². The zero-order valence-electron chi connectivity index (χ0n) is 13.9. The number of rotatable bonds is 7. The third kappa shape index (κ3) is 4.90. The second-order valence-electron chi connectivity index (χ2n) is 5.44. The Balaban J connectivity index is 1.99. The monoisotopic (exact) mass is 351 g/mol. The Morgan fingerprint density at radius 1 is 1.29 bits per heavy atom. The third-order valence-electron chi connectivity index (χ3n) is 3.49. The van der Waals surface area contributed by atoms with Crippen LogP contribution in [0.4, 0.5) is 0 Å². The van der Waals surface area contributed by atoms with Crippen molar-refractivity contribution < 1.29 is 17.6 Å². The summed E-state index contributed by atoms with van der Waals surface area (Å²) < 4.78 is 30.4. The van der Waals surface area contributed by atoms with Gasteiger partial charge in [-0.05, 0) is 33.0 Å². The molecule has 0 aliphatic carbocycles. The summed E-state index contributed by atoms with van der Waals surface area (Å²) >= 11 is 0. The van der Waals surface area contributed by atoms with Crippen LogP contribution in [-0.2, 0) is 21.2 Å². The summed E-state index contributed by atoms with van der Waals surface area (Å²) in [4.78, 5) is 16.3. The van der Waals surface area contributed by atoms with Crippen molar-refractivity contribution in [1.82, 2.24) is 15.0 Å². The summed E-state index contributed by atoms with van der Waals surface area (Å²) in [5.41, 5.74) is 2.48. The van der Waals surface area contributed by atoms with Gasteiger partial charge in [0.1, 0.15) is 5.76 Å². The van der Waals surface area contributed by atoms with Crippen molar-refractivity contribution in [1.29, 1.82) is 0 Å². The normalized spacial score (nSPS) is 11.5. The molecule has 2 aromatic rings. The van der Waals surface area contributed by atoms with E-state index in [4.69, 9.17) is 4.42 Å². The fourth-order valence-corrected chi connectivity index (χ4v) is 2.71. The van der Waals surface area contributed by atoms with E-state index >= 15 is 0 Å². The van der Waals surface area contributed by atoms with E-state index in [-0.39, 0.29) is 24.6 Å². The Morgan fingerprint density at radius 2 is 2.04 bits per heavy atom. The lowest BCUT2D eigenvalue weighted by Gasteiger charge is -2.04. The van der Waals surface area contributed by atoms with E-state index in [1.165, 1.54) is 7.05 Å². The summed E-state index contributed by atoms with van der Waals surface area (Å²) in [6, 6.07) is 7.74. The Hall–Kier alpha value is -2.19. The van der Waals surface area contributed by atoms with E-state index < -0.39 is 10.0 Å². The number of benzene rings is 1. The van der Waals surface area contributed by atoms with Gasteiger partial charge in [0.2, 0.25) is 21.8 Å². The molecule has 0 unspecified atom stereocenters. The molecule has 2 N–H and O–H groups in total. The number of aromatic nitrogens is 1. The van der Waals surface area contributed by atoms with Crippen LogP contribution in [0, 0.1) is 13.8 Å². The summed E-state index contributed by atoms with van der Waals surface area (Å²) in [6.45, 7) is 3.77. The van der Waals surface area contributed by atoms with Crippen molar-refractivity contribution in [2.75, 3.05) is 19.3 Å². The molecule has 0 bridgehead atoms. The first-order valence-electron chi connectivity index (χ1n) is 7.52. The van der Waals surface area contributed by atoms with Gasteiger partial charge in [-0.2, -0.15) is 0 Å². The van der Waals surface area contributed by atoms with Crippen LogP contribution in [0.3, 0.4) is 0 Å². The molecule has 130 valence electrons. The van der Waals surface area contributed by atoms with Gasteiger partial charge in [0.05, 0.1) is 17.9 Å². The maximum Gasteiger partial charge on any atom is 0.226 e. The maximum absolute atomic E-state index is 11.9. The minimum absolute atomic E-state index is 0.0424. The van der Waals surface area contributed by atoms with Crippen LogP contribution in [0.5, 0.6) is 0 Å². The highest BCUT2D eigenvalue weighted by molar-refractivity contribution is 7.89. The molecule has 0 radical (unpaired) electrons. The molecular formula is C16H21N3O4S. The van der Waals surface area contributed by atoms with Crippen molar-refractivity contribution in [3.8, 4) is 11.5 Å². The summed E-state index contributed by atoms with van der Waals surface area (Å²) in [5.74, 6) is 0.580. The average Bonchev–Trinajstić information content (AvgIpc) is 2.88. The number of amides is 1. The third-order valence-corrected chi connectivity index (χ3v) is 4.85. The summed E-state index contributed by atoms with van der Waals surface area (Å²) in [7, 11) is -2.00. The zero-order valence-corrected chi connectivity index (χ0v) is 14.7. The van der Waals surface area contributed by atoms with E-state index in [2.05, 4.69) is 15.0 Å². The number of nitrogens with zero attached hydrogens (tertiary/aromatic N) is 1. The molecule has 1 amide bonds. The van der Waals surface area contributed by atoms with Crippen molar-refractivity contribution >= 4 is 15.9 Å². The lowest BCUT2D eigenvalue weighted by atomic mass is 10.1. The van der Waals surface area contributed by atoms with E-state index in [0.717, 1.165) is 11.1 Å². The quantitative estimate of drug-likeness (QED) is 0.780. The summed E-state index contributed by atoms with van der Waals surface area (Å²) in [6.07, 6.45) is 0.0424. The fourth-order valence-electron chi connectivity index (χ4n) is 2.14. The highest BCUT2D eigenvalue weighted by Crippen LogP contribution is 2.22.